The van der Waals surface area contributed by atoms with E-state index in [0.717, 1.165) is 48.3 Å². The van der Waals surface area contributed by atoms with Gasteiger partial charge in [0.15, 0.2) is 0 Å². The Kier molecular flexibility index (Phi) is 7.73. The van der Waals surface area contributed by atoms with E-state index in [1.807, 2.05) is 0 Å². The summed E-state index contributed by atoms with van der Waals surface area (Å²) in [5.74, 6) is 5.46. The summed E-state index contributed by atoms with van der Waals surface area (Å²) < 4.78 is 0. The third-order valence-electron chi connectivity index (χ3n) is 10.3. The fourth-order valence-electron chi connectivity index (χ4n) is 8.67. The van der Waals surface area contributed by atoms with Gasteiger partial charge in [-0.1, -0.05) is 65.5 Å². The van der Waals surface area contributed by atoms with Gasteiger partial charge < -0.3 is 5.11 Å². The predicted molar refractivity (Wildman–Crippen MR) is 125 cm³/mol. The molecule has 0 saturated heterocycles. The van der Waals surface area contributed by atoms with Gasteiger partial charge in [-0.2, -0.15) is 0 Å². The first-order chi connectivity index (χ1) is 13.3. The van der Waals surface area contributed by atoms with Gasteiger partial charge in [-0.15, -0.1) is 0 Å². The number of aliphatic hydroxyl groups is 1. The second-order valence-electron chi connectivity index (χ2n) is 12.2. The van der Waals surface area contributed by atoms with E-state index >= 15 is 0 Å². The van der Waals surface area contributed by atoms with Crippen LogP contribution in [0.15, 0.2) is 11.6 Å². The van der Waals surface area contributed by atoms with Gasteiger partial charge in [-0.05, 0) is 97.7 Å². The Morgan fingerprint density at radius 3 is 2.48 bits per heavy atom. The topological polar surface area (TPSA) is 20.2 Å². The van der Waals surface area contributed by atoms with E-state index in [1.54, 1.807) is 5.57 Å². The average molecular weight is 594 g/mol. The minimum atomic E-state index is -0.0766. The molecule has 8 atom stereocenters. The fraction of sp³-hybridized carbons (Fsp3) is 0.926. The van der Waals surface area contributed by atoms with E-state index in [1.165, 1.54) is 57.8 Å². The molecule has 0 bridgehead atoms. The zero-order valence-electron chi connectivity index (χ0n) is 19.8. The number of hydrogen-bond donors (Lipinski definition) is 1. The largest absolute Gasteiger partial charge is 0.393 e. The molecule has 4 aliphatic carbocycles. The van der Waals surface area contributed by atoms with Crippen molar-refractivity contribution in [1.29, 1.82) is 0 Å². The molecule has 3 fully saturated rings. The van der Waals surface area contributed by atoms with Crippen molar-refractivity contribution < 1.29 is 5.11 Å². The van der Waals surface area contributed by atoms with Crippen molar-refractivity contribution in [1.82, 2.24) is 0 Å². The first kappa shape index (κ1) is 24.3. The zero-order chi connectivity index (χ0) is 20.1. The van der Waals surface area contributed by atoms with E-state index < -0.39 is 0 Å². The van der Waals surface area contributed by atoms with Crippen LogP contribution in [0.2, 0.25) is 0 Å². The van der Waals surface area contributed by atoms with Crippen molar-refractivity contribution in [3.8, 4) is 0 Å². The quantitative estimate of drug-likeness (QED) is 0.269. The number of hydrogen-bond acceptors (Lipinski definition) is 1. The predicted octanol–water partition coefficient (Wildman–Crippen LogP) is 7.01. The molecular formula is C27H46OPb. The molecule has 1 N–H and O–H groups in total. The van der Waals surface area contributed by atoms with Gasteiger partial charge in [0.05, 0.1) is 6.10 Å². The van der Waals surface area contributed by atoms with Crippen molar-refractivity contribution in [2.24, 2.45) is 46.3 Å². The van der Waals surface area contributed by atoms with Crippen LogP contribution in [0.1, 0.15) is 105 Å². The number of allylic oxidation sites excluding steroid dienone is 1. The monoisotopic (exact) mass is 594 g/mol. The minimum absolute atomic E-state index is 0. The molecule has 0 aromatic rings. The smallest absolute Gasteiger partial charge is 0.0577 e. The van der Waals surface area contributed by atoms with Crippen molar-refractivity contribution in [3.63, 3.8) is 0 Å². The average Bonchev–Trinajstić information content (AvgIpc) is 2.99. The molecule has 0 aromatic heterocycles. The second-order valence-corrected chi connectivity index (χ2v) is 12.2. The molecule has 4 radical (unpaired) electrons. The van der Waals surface area contributed by atoms with E-state index in [2.05, 4.69) is 40.7 Å². The third-order valence-corrected chi connectivity index (χ3v) is 10.3. The molecule has 29 heavy (non-hydrogen) atoms. The van der Waals surface area contributed by atoms with Crippen LogP contribution in [-0.2, 0) is 0 Å². The first-order valence-corrected chi connectivity index (χ1v) is 12.6. The first-order valence-electron chi connectivity index (χ1n) is 12.6. The molecule has 1 nitrogen and oxygen atoms in total. The van der Waals surface area contributed by atoms with Crippen LogP contribution >= 0.6 is 0 Å². The Labute approximate surface area is 201 Å². The third kappa shape index (κ3) is 4.31. The van der Waals surface area contributed by atoms with Gasteiger partial charge in [-0.25, -0.2) is 0 Å². The summed E-state index contributed by atoms with van der Waals surface area (Å²) in [6, 6.07) is 0. The summed E-state index contributed by atoms with van der Waals surface area (Å²) in [7, 11) is 0. The van der Waals surface area contributed by atoms with Crippen molar-refractivity contribution >= 4 is 27.3 Å². The summed E-state index contributed by atoms with van der Waals surface area (Å²) >= 11 is 0. The Morgan fingerprint density at radius 2 is 1.76 bits per heavy atom. The van der Waals surface area contributed by atoms with Crippen LogP contribution in [0.3, 0.4) is 0 Å². The van der Waals surface area contributed by atoms with Crippen molar-refractivity contribution in [3.05, 3.63) is 11.6 Å². The second kappa shape index (κ2) is 9.24. The summed E-state index contributed by atoms with van der Waals surface area (Å²) in [6.45, 7) is 12.6. The van der Waals surface area contributed by atoms with Crippen molar-refractivity contribution in [2.75, 3.05) is 0 Å². The normalized spacial score (nSPS) is 44.9. The molecule has 0 aliphatic heterocycles. The molecule has 3 saturated carbocycles. The van der Waals surface area contributed by atoms with Gasteiger partial charge in [-0.3, -0.25) is 0 Å². The van der Waals surface area contributed by atoms with Crippen molar-refractivity contribution in [2.45, 2.75) is 111 Å². The Bertz CT molecular complexity index is 597. The zero-order valence-corrected chi connectivity index (χ0v) is 23.7. The maximum atomic E-state index is 10.2. The molecule has 2 heteroatoms. The SMILES string of the molecule is CC(C)CCC[C@@H](C)[C@H]1CCC2[C@H]3CC=C4CC(O)CC[C@]4(C)[C@@H]3CC[C@@]21C.[Pb]. The molecule has 2 unspecified atom stereocenters. The number of fused-ring (bicyclic) bond motifs is 5. The molecule has 0 heterocycles. The molecule has 0 spiro atoms. The standard InChI is InChI=1S/C27H46O.Pb/c1-18(2)7-6-8-19(3)23-11-12-24-22-10-9-20-17-21(28)13-15-26(20,4)25(22)14-16-27(23,24)5;/h9,18-19,21-25,28H,6-8,10-17H2,1-5H3;/t19-,21?,22-,23-,24?,25-,26+,27-;/m1./s1. The van der Waals surface area contributed by atoms with Gasteiger partial charge in [0, 0.05) is 27.3 Å². The molecule has 0 amide bonds. The summed E-state index contributed by atoms with van der Waals surface area (Å²) in [5, 5.41) is 10.2. The van der Waals surface area contributed by atoms with E-state index in [4.69, 9.17) is 0 Å². The molecule has 4 rings (SSSR count). The van der Waals surface area contributed by atoms with Gasteiger partial charge in [0.1, 0.15) is 0 Å². The Balaban J connectivity index is 0.00000240. The summed E-state index contributed by atoms with van der Waals surface area (Å²) in [6.07, 6.45) is 17.2. The number of rotatable bonds is 5. The summed E-state index contributed by atoms with van der Waals surface area (Å²) in [5.41, 5.74) is 2.60. The molecular weight excluding hydrogens is 547 g/mol. The molecule has 4 aliphatic rings. The van der Waals surface area contributed by atoms with Gasteiger partial charge >= 0.3 is 0 Å². The fourth-order valence-corrected chi connectivity index (χ4v) is 8.67. The van der Waals surface area contributed by atoms with Crippen LogP contribution in [0.25, 0.3) is 0 Å². The van der Waals surface area contributed by atoms with Gasteiger partial charge in [0.2, 0.25) is 0 Å². The van der Waals surface area contributed by atoms with Crippen LogP contribution in [0.4, 0.5) is 0 Å². The van der Waals surface area contributed by atoms with E-state index in [9.17, 15) is 5.11 Å². The van der Waals surface area contributed by atoms with Crippen LogP contribution in [0.5, 0.6) is 0 Å². The van der Waals surface area contributed by atoms with Crippen LogP contribution in [0, 0.1) is 46.3 Å². The number of aliphatic hydroxyl groups excluding tert-OH is 1. The van der Waals surface area contributed by atoms with Crippen LogP contribution < -0.4 is 0 Å². The van der Waals surface area contributed by atoms with Gasteiger partial charge in [0.25, 0.3) is 0 Å². The summed E-state index contributed by atoms with van der Waals surface area (Å²) in [4.78, 5) is 0. The minimum Gasteiger partial charge on any atom is -0.393 e. The Morgan fingerprint density at radius 1 is 1.00 bits per heavy atom. The maximum absolute atomic E-state index is 10.2. The maximum Gasteiger partial charge on any atom is 0.0577 e. The Hall–Kier alpha value is 0.622. The van der Waals surface area contributed by atoms with E-state index in [-0.39, 0.29) is 33.4 Å². The molecule has 0 aromatic carbocycles. The van der Waals surface area contributed by atoms with Crippen LogP contribution in [-0.4, -0.2) is 38.5 Å². The molecule has 164 valence electrons. The van der Waals surface area contributed by atoms with E-state index in [0.29, 0.717) is 10.8 Å².